The van der Waals surface area contributed by atoms with Gasteiger partial charge in [-0.25, -0.2) is 4.39 Å². The molecule has 6 heteroatoms. The van der Waals surface area contributed by atoms with Gasteiger partial charge in [0, 0.05) is 18.0 Å². The predicted octanol–water partition coefficient (Wildman–Crippen LogP) is 4.22. The van der Waals surface area contributed by atoms with Gasteiger partial charge in [0.2, 0.25) is 0 Å². The molecule has 1 unspecified atom stereocenters. The molecule has 0 radical (unpaired) electrons. The third-order valence-electron chi connectivity index (χ3n) is 4.98. The molecule has 1 fully saturated rings. The molecule has 4 nitrogen and oxygen atoms in total. The van der Waals surface area contributed by atoms with Crippen molar-refractivity contribution >= 4 is 23.2 Å². The molecule has 1 aliphatic rings. The van der Waals surface area contributed by atoms with Crippen LogP contribution in [-0.2, 0) is 16.0 Å². The number of likely N-dealkylation sites (tertiary alicyclic amines) is 1. The fourth-order valence-corrected chi connectivity index (χ4v) is 4.51. The zero-order valence-corrected chi connectivity index (χ0v) is 16.5. The minimum Gasteiger partial charge on any atom is -0.466 e. The quantitative estimate of drug-likeness (QED) is 0.719. The molecule has 1 aromatic heterocycles. The van der Waals surface area contributed by atoms with E-state index in [1.165, 1.54) is 23.5 Å². The van der Waals surface area contributed by atoms with Gasteiger partial charge in [-0.05, 0) is 62.9 Å². The van der Waals surface area contributed by atoms with E-state index in [0.717, 1.165) is 16.9 Å². The van der Waals surface area contributed by atoms with Gasteiger partial charge in [-0.3, -0.25) is 9.59 Å². The van der Waals surface area contributed by atoms with E-state index in [9.17, 15) is 14.0 Å². The number of halogens is 1. The number of ether oxygens (including phenoxy) is 1. The van der Waals surface area contributed by atoms with Gasteiger partial charge in [-0.15, -0.1) is 11.3 Å². The third kappa shape index (κ3) is 4.38. The molecule has 2 aromatic rings. The van der Waals surface area contributed by atoms with Crippen LogP contribution in [0.2, 0.25) is 0 Å². The predicted molar refractivity (Wildman–Crippen MR) is 103 cm³/mol. The Bertz CT molecular complexity index is 817. The fourth-order valence-electron chi connectivity index (χ4n) is 3.67. The molecule has 27 heavy (non-hydrogen) atoms. The molecule has 0 aliphatic carbocycles. The molecule has 0 N–H and O–H groups in total. The largest absolute Gasteiger partial charge is 0.466 e. The summed E-state index contributed by atoms with van der Waals surface area (Å²) < 4.78 is 18.6. The maximum atomic E-state index is 13.3. The first-order valence-electron chi connectivity index (χ1n) is 9.21. The first-order valence-corrected chi connectivity index (χ1v) is 10.0. The van der Waals surface area contributed by atoms with Gasteiger partial charge in [-0.1, -0.05) is 12.1 Å². The smallest absolute Gasteiger partial charge is 0.314 e. The van der Waals surface area contributed by atoms with Crippen LogP contribution < -0.4 is 0 Å². The van der Waals surface area contributed by atoms with E-state index >= 15 is 0 Å². The number of nitrogens with zero attached hydrogens (tertiary/aromatic N) is 1. The lowest BCUT2D eigenvalue weighted by atomic mass is 9.75. The average molecular weight is 389 g/mol. The highest BCUT2D eigenvalue weighted by Crippen LogP contribution is 2.36. The van der Waals surface area contributed by atoms with Gasteiger partial charge in [0.15, 0.2) is 0 Å². The Morgan fingerprint density at radius 1 is 1.22 bits per heavy atom. The van der Waals surface area contributed by atoms with Crippen LogP contribution in [0.3, 0.4) is 0 Å². The Morgan fingerprint density at radius 2 is 1.96 bits per heavy atom. The summed E-state index contributed by atoms with van der Waals surface area (Å²) in [4.78, 5) is 29.3. The zero-order valence-electron chi connectivity index (χ0n) is 15.7. The van der Waals surface area contributed by atoms with E-state index < -0.39 is 5.41 Å². The topological polar surface area (TPSA) is 46.6 Å². The highest BCUT2D eigenvalue weighted by Gasteiger charge is 2.45. The summed E-state index contributed by atoms with van der Waals surface area (Å²) >= 11 is 1.46. The summed E-state index contributed by atoms with van der Waals surface area (Å²) in [6.45, 7) is 4.99. The molecule has 0 saturated carbocycles. The first kappa shape index (κ1) is 19.5. The number of carbonyl (C=O) groups is 2. The lowest BCUT2D eigenvalue weighted by Gasteiger charge is -2.41. The van der Waals surface area contributed by atoms with Crippen molar-refractivity contribution in [2.45, 2.75) is 33.1 Å². The number of aryl methyl sites for hydroxylation is 1. The maximum Gasteiger partial charge on any atom is 0.314 e. The van der Waals surface area contributed by atoms with Crippen LogP contribution in [0, 0.1) is 18.2 Å². The highest BCUT2D eigenvalue weighted by molar-refractivity contribution is 7.13. The molecule has 2 heterocycles. The molecule has 1 atom stereocenters. The summed E-state index contributed by atoms with van der Waals surface area (Å²) in [5.74, 6) is -0.632. The monoisotopic (exact) mass is 389 g/mol. The van der Waals surface area contributed by atoms with Crippen LogP contribution >= 0.6 is 11.3 Å². The Labute approximate surface area is 162 Å². The van der Waals surface area contributed by atoms with Crippen molar-refractivity contribution in [3.8, 4) is 0 Å². The molecule has 144 valence electrons. The van der Waals surface area contributed by atoms with Crippen molar-refractivity contribution in [2.75, 3.05) is 19.7 Å². The van der Waals surface area contributed by atoms with Crippen molar-refractivity contribution in [1.82, 2.24) is 4.90 Å². The van der Waals surface area contributed by atoms with Gasteiger partial charge in [0.05, 0.1) is 16.9 Å². The molecule has 3 rings (SSSR count). The van der Waals surface area contributed by atoms with Crippen LogP contribution in [0.5, 0.6) is 0 Å². The average Bonchev–Trinajstić information content (AvgIpc) is 3.10. The van der Waals surface area contributed by atoms with Crippen molar-refractivity contribution < 1.29 is 18.7 Å². The van der Waals surface area contributed by atoms with Crippen molar-refractivity contribution in [3.05, 3.63) is 57.5 Å². The van der Waals surface area contributed by atoms with E-state index in [1.54, 1.807) is 24.0 Å². The number of esters is 1. The molecule has 1 aromatic carbocycles. The first-order chi connectivity index (χ1) is 12.9. The summed E-state index contributed by atoms with van der Waals surface area (Å²) in [7, 11) is 0. The maximum absolute atomic E-state index is 13.3. The molecular formula is C21H24FNO3S. The number of benzene rings is 1. The van der Waals surface area contributed by atoms with Crippen LogP contribution in [0.4, 0.5) is 4.39 Å². The Balaban J connectivity index is 1.86. The minimum atomic E-state index is -0.798. The normalized spacial score (nSPS) is 19.7. The Hall–Kier alpha value is -2.21. The number of thiophene rings is 1. The number of carbonyl (C=O) groups excluding carboxylic acids is 2. The van der Waals surface area contributed by atoms with Crippen LogP contribution in [0.1, 0.15) is 39.9 Å². The Kier molecular flexibility index (Phi) is 5.95. The summed E-state index contributed by atoms with van der Waals surface area (Å²) in [6.07, 6.45) is 1.81. The van der Waals surface area contributed by atoms with Crippen molar-refractivity contribution in [1.29, 1.82) is 0 Å². The highest BCUT2D eigenvalue weighted by atomic mass is 32.1. The second-order valence-electron chi connectivity index (χ2n) is 7.04. The Morgan fingerprint density at radius 3 is 2.59 bits per heavy atom. The van der Waals surface area contributed by atoms with Gasteiger partial charge in [0.1, 0.15) is 5.82 Å². The third-order valence-corrected chi connectivity index (χ3v) is 5.97. The standard InChI is InChI=1S/C21H24FNO3S/c1-3-26-20(25)21(13-16-6-8-17(22)9-7-16)11-4-12-23(14-21)19(24)18-10-5-15(2)27-18/h5-10H,3-4,11-14H2,1-2H3. The van der Waals surface area contributed by atoms with Gasteiger partial charge < -0.3 is 9.64 Å². The zero-order chi connectivity index (χ0) is 19.4. The number of piperidine rings is 1. The van der Waals surface area contributed by atoms with Crippen LogP contribution in [0.15, 0.2) is 36.4 Å². The van der Waals surface area contributed by atoms with Crippen LogP contribution in [-0.4, -0.2) is 36.5 Å². The van der Waals surface area contributed by atoms with Gasteiger partial charge in [-0.2, -0.15) is 0 Å². The van der Waals surface area contributed by atoms with Crippen molar-refractivity contribution in [3.63, 3.8) is 0 Å². The van der Waals surface area contributed by atoms with E-state index in [4.69, 9.17) is 4.74 Å². The summed E-state index contributed by atoms with van der Waals surface area (Å²) in [5, 5.41) is 0. The SMILES string of the molecule is CCOC(=O)C1(Cc2ccc(F)cc2)CCCN(C(=O)c2ccc(C)s2)C1. The second-order valence-corrected chi connectivity index (χ2v) is 8.33. The molecule has 1 aliphatic heterocycles. The molecule has 1 amide bonds. The number of hydrogen-bond acceptors (Lipinski definition) is 4. The van der Waals surface area contributed by atoms with E-state index in [1.807, 2.05) is 19.1 Å². The lowest BCUT2D eigenvalue weighted by Crippen LogP contribution is -2.51. The molecule has 0 spiro atoms. The van der Waals surface area contributed by atoms with Crippen LogP contribution in [0.25, 0.3) is 0 Å². The second kappa shape index (κ2) is 8.21. The number of hydrogen-bond donors (Lipinski definition) is 0. The molecule has 1 saturated heterocycles. The van der Waals surface area contributed by atoms with E-state index in [-0.39, 0.29) is 17.7 Å². The molecule has 0 bridgehead atoms. The summed E-state index contributed by atoms with van der Waals surface area (Å²) in [5.41, 5.74) is 0.0688. The fraction of sp³-hybridized carbons (Fsp3) is 0.429. The minimum absolute atomic E-state index is 0.0411. The summed E-state index contributed by atoms with van der Waals surface area (Å²) in [6, 6.07) is 9.95. The van der Waals surface area contributed by atoms with Crippen molar-refractivity contribution in [2.24, 2.45) is 5.41 Å². The van der Waals surface area contributed by atoms with E-state index in [2.05, 4.69) is 0 Å². The van der Waals surface area contributed by atoms with Gasteiger partial charge in [0.25, 0.3) is 5.91 Å². The number of amides is 1. The number of rotatable bonds is 5. The van der Waals surface area contributed by atoms with Gasteiger partial charge >= 0.3 is 5.97 Å². The lowest BCUT2D eigenvalue weighted by molar-refractivity contribution is -0.158. The van der Waals surface area contributed by atoms with E-state index in [0.29, 0.717) is 37.4 Å². The molecular weight excluding hydrogens is 365 g/mol.